The lowest BCUT2D eigenvalue weighted by atomic mass is 10.1. The van der Waals surface area contributed by atoms with Crippen LogP contribution in [0.1, 0.15) is 32.4 Å². The molecule has 3 heterocycles. The SMILES string of the molecule is CC(C)Cn1c(SCC(=O)N2CCN(C(C)c3ccccc3)CC2)nnc1-c1ccco1. The highest BCUT2D eigenvalue weighted by atomic mass is 32.2. The van der Waals surface area contributed by atoms with Crippen LogP contribution in [0.25, 0.3) is 11.6 Å². The van der Waals surface area contributed by atoms with Crippen LogP contribution >= 0.6 is 11.8 Å². The summed E-state index contributed by atoms with van der Waals surface area (Å²) in [6, 6.07) is 14.6. The zero-order chi connectivity index (χ0) is 22.5. The van der Waals surface area contributed by atoms with Gasteiger partial charge in [0.2, 0.25) is 5.91 Å². The Morgan fingerprint density at radius 1 is 1.03 bits per heavy atom. The number of benzene rings is 1. The van der Waals surface area contributed by atoms with Gasteiger partial charge in [-0.25, -0.2) is 0 Å². The van der Waals surface area contributed by atoms with E-state index in [4.69, 9.17) is 4.42 Å². The molecule has 1 atom stereocenters. The van der Waals surface area contributed by atoms with Crippen molar-refractivity contribution in [3.05, 3.63) is 54.3 Å². The lowest BCUT2D eigenvalue weighted by Gasteiger charge is -2.38. The molecule has 170 valence electrons. The average Bonchev–Trinajstić information content (AvgIpc) is 3.47. The monoisotopic (exact) mass is 453 g/mol. The standard InChI is InChI=1S/C24H31N5O2S/c1-18(2)16-29-23(21-10-7-15-31-21)25-26-24(29)32-17-22(30)28-13-11-27(12-14-28)19(3)20-8-5-4-6-9-20/h4-10,15,18-19H,11-14,16-17H2,1-3H3. The largest absolute Gasteiger partial charge is 0.461 e. The maximum absolute atomic E-state index is 12.9. The molecule has 1 aliphatic heterocycles. The fourth-order valence-electron chi connectivity index (χ4n) is 4.03. The summed E-state index contributed by atoms with van der Waals surface area (Å²) < 4.78 is 7.58. The first-order valence-electron chi connectivity index (χ1n) is 11.2. The number of piperazine rings is 1. The van der Waals surface area contributed by atoms with E-state index < -0.39 is 0 Å². The van der Waals surface area contributed by atoms with Crippen molar-refractivity contribution in [1.29, 1.82) is 0 Å². The molecule has 8 heteroatoms. The summed E-state index contributed by atoms with van der Waals surface area (Å²) >= 11 is 1.46. The minimum Gasteiger partial charge on any atom is -0.461 e. The van der Waals surface area contributed by atoms with Crippen molar-refractivity contribution in [3.8, 4) is 11.6 Å². The summed E-state index contributed by atoms with van der Waals surface area (Å²) in [5, 5.41) is 9.43. The maximum Gasteiger partial charge on any atom is 0.233 e. The highest BCUT2D eigenvalue weighted by molar-refractivity contribution is 7.99. The number of hydrogen-bond acceptors (Lipinski definition) is 6. The molecule has 0 radical (unpaired) electrons. The van der Waals surface area contributed by atoms with Gasteiger partial charge in [-0.1, -0.05) is 55.9 Å². The molecular formula is C24H31N5O2S. The normalized spacial score (nSPS) is 15.9. The molecule has 0 spiro atoms. The van der Waals surface area contributed by atoms with Crippen LogP contribution < -0.4 is 0 Å². The van der Waals surface area contributed by atoms with Crippen molar-refractivity contribution in [2.24, 2.45) is 5.92 Å². The third kappa shape index (κ3) is 5.24. The van der Waals surface area contributed by atoms with Gasteiger partial charge in [0.05, 0.1) is 12.0 Å². The van der Waals surface area contributed by atoms with E-state index in [9.17, 15) is 4.79 Å². The first-order valence-corrected chi connectivity index (χ1v) is 12.2. The van der Waals surface area contributed by atoms with Gasteiger partial charge in [0.15, 0.2) is 16.7 Å². The predicted molar refractivity (Wildman–Crippen MR) is 126 cm³/mol. The summed E-state index contributed by atoms with van der Waals surface area (Å²) in [4.78, 5) is 17.3. The molecule has 0 bridgehead atoms. The van der Waals surface area contributed by atoms with Crippen LogP contribution in [0.3, 0.4) is 0 Å². The van der Waals surface area contributed by atoms with Gasteiger partial charge < -0.3 is 9.32 Å². The molecule has 4 rings (SSSR count). The summed E-state index contributed by atoms with van der Waals surface area (Å²) in [6.07, 6.45) is 1.64. The van der Waals surface area contributed by atoms with E-state index in [2.05, 4.69) is 64.7 Å². The molecule has 7 nitrogen and oxygen atoms in total. The van der Waals surface area contributed by atoms with Crippen molar-refractivity contribution in [3.63, 3.8) is 0 Å². The van der Waals surface area contributed by atoms with E-state index in [0.29, 0.717) is 29.3 Å². The van der Waals surface area contributed by atoms with Crippen molar-refractivity contribution in [2.45, 2.75) is 38.5 Å². The number of nitrogens with zero attached hydrogens (tertiary/aromatic N) is 5. The maximum atomic E-state index is 12.9. The molecule has 1 unspecified atom stereocenters. The smallest absolute Gasteiger partial charge is 0.233 e. The van der Waals surface area contributed by atoms with Gasteiger partial charge in [0.1, 0.15) is 0 Å². The molecule has 1 aliphatic rings. The van der Waals surface area contributed by atoms with E-state index in [1.54, 1.807) is 6.26 Å². The van der Waals surface area contributed by atoms with Crippen LogP contribution in [0.2, 0.25) is 0 Å². The predicted octanol–water partition coefficient (Wildman–Crippen LogP) is 4.19. The zero-order valence-electron chi connectivity index (χ0n) is 19.0. The van der Waals surface area contributed by atoms with Crippen LogP contribution in [0.4, 0.5) is 0 Å². The number of carbonyl (C=O) groups excluding carboxylic acids is 1. The Morgan fingerprint density at radius 3 is 2.44 bits per heavy atom. The van der Waals surface area contributed by atoms with Crippen molar-refractivity contribution < 1.29 is 9.21 Å². The number of amides is 1. The minimum atomic E-state index is 0.153. The van der Waals surface area contributed by atoms with Gasteiger partial charge >= 0.3 is 0 Å². The fourth-order valence-corrected chi connectivity index (χ4v) is 4.88. The second-order valence-corrected chi connectivity index (χ2v) is 9.52. The lowest BCUT2D eigenvalue weighted by Crippen LogP contribution is -2.49. The average molecular weight is 454 g/mol. The first kappa shape index (κ1) is 22.6. The molecule has 1 fully saturated rings. The Hall–Kier alpha value is -2.58. The second-order valence-electron chi connectivity index (χ2n) is 8.58. The molecule has 1 saturated heterocycles. The summed E-state index contributed by atoms with van der Waals surface area (Å²) in [7, 11) is 0. The Balaban J connectivity index is 1.34. The molecule has 0 saturated carbocycles. The molecule has 32 heavy (non-hydrogen) atoms. The zero-order valence-corrected chi connectivity index (χ0v) is 19.8. The third-order valence-corrected chi connectivity index (χ3v) is 6.78. The summed E-state index contributed by atoms with van der Waals surface area (Å²) in [5.41, 5.74) is 1.32. The second kappa shape index (κ2) is 10.4. The number of hydrogen-bond donors (Lipinski definition) is 0. The Morgan fingerprint density at radius 2 is 1.78 bits per heavy atom. The molecule has 1 amide bonds. The van der Waals surface area contributed by atoms with Crippen LogP contribution in [0, 0.1) is 5.92 Å². The Labute approximate surface area is 193 Å². The Kier molecular flexibility index (Phi) is 7.32. The highest BCUT2D eigenvalue weighted by Gasteiger charge is 2.25. The summed E-state index contributed by atoms with van der Waals surface area (Å²) in [6.45, 7) is 10.6. The van der Waals surface area contributed by atoms with Crippen LogP contribution in [0.5, 0.6) is 0 Å². The van der Waals surface area contributed by atoms with Gasteiger partial charge in [-0.2, -0.15) is 0 Å². The summed E-state index contributed by atoms with van der Waals surface area (Å²) in [5.74, 6) is 2.35. The van der Waals surface area contributed by atoms with Crippen LogP contribution in [-0.2, 0) is 11.3 Å². The van der Waals surface area contributed by atoms with Crippen LogP contribution in [-0.4, -0.2) is 62.4 Å². The van der Waals surface area contributed by atoms with E-state index in [1.807, 2.05) is 23.1 Å². The number of rotatable bonds is 8. The molecular weight excluding hydrogens is 422 g/mol. The van der Waals surface area contributed by atoms with Crippen molar-refractivity contribution in [2.75, 3.05) is 31.9 Å². The number of thioether (sulfide) groups is 1. The van der Waals surface area contributed by atoms with E-state index in [1.165, 1.54) is 17.3 Å². The van der Waals surface area contributed by atoms with Crippen molar-refractivity contribution >= 4 is 17.7 Å². The van der Waals surface area contributed by atoms with Gasteiger partial charge in [-0.3, -0.25) is 14.3 Å². The van der Waals surface area contributed by atoms with Crippen LogP contribution in [0.15, 0.2) is 58.3 Å². The number of aromatic nitrogens is 3. The quantitative estimate of drug-likeness (QED) is 0.477. The molecule has 0 N–H and O–H groups in total. The van der Waals surface area contributed by atoms with Gasteiger partial charge in [0.25, 0.3) is 0 Å². The van der Waals surface area contributed by atoms with Gasteiger partial charge in [0, 0.05) is 38.8 Å². The fraction of sp³-hybridized carbons (Fsp3) is 0.458. The molecule has 1 aromatic carbocycles. The number of furan rings is 1. The topological polar surface area (TPSA) is 67.4 Å². The van der Waals surface area contributed by atoms with Crippen molar-refractivity contribution in [1.82, 2.24) is 24.6 Å². The van der Waals surface area contributed by atoms with E-state index >= 15 is 0 Å². The molecule has 3 aromatic rings. The lowest BCUT2D eigenvalue weighted by molar-refractivity contribution is -0.130. The molecule has 0 aliphatic carbocycles. The Bertz CT molecular complexity index is 995. The first-order chi connectivity index (χ1) is 15.5. The minimum absolute atomic E-state index is 0.153. The van der Waals surface area contributed by atoms with E-state index in [0.717, 1.165) is 37.9 Å². The van der Waals surface area contributed by atoms with E-state index in [-0.39, 0.29) is 5.91 Å². The molecule has 2 aromatic heterocycles. The van der Waals surface area contributed by atoms with Gasteiger partial charge in [-0.05, 0) is 30.5 Å². The van der Waals surface area contributed by atoms with Gasteiger partial charge in [-0.15, -0.1) is 10.2 Å². The highest BCUT2D eigenvalue weighted by Crippen LogP contribution is 2.26. The third-order valence-electron chi connectivity index (χ3n) is 5.83. The number of carbonyl (C=O) groups is 1.